The van der Waals surface area contributed by atoms with Gasteiger partial charge < -0.3 is 9.47 Å². The maximum atomic E-state index is 12.4. The van der Waals surface area contributed by atoms with Gasteiger partial charge in [-0.2, -0.15) is 8.42 Å². The molecule has 3 fully saturated rings. The molecular formula is C17H26O7S. The Kier molecular flexibility index (Phi) is 4.23. The molecule has 7 nitrogen and oxygen atoms in total. The molecular weight excluding hydrogens is 348 g/mol. The van der Waals surface area contributed by atoms with Gasteiger partial charge in [-0.1, -0.05) is 13.8 Å². The zero-order valence-corrected chi connectivity index (χ0v) is 16.1. The predicted molar refractivity (Wildman–Crippen MR) is 87.9 cm³/mol. The van der Waals surface area contributed by atoms with Crippen LogP contribution in [0.4, 0.5) is 0 Å². The van der Waals surface area contributed by atoms with Crippen LogP contribution >= 0.6 is 0 Å². The van der Waals surface area contributed by atoms with Crippen LogP contribution in [0.25, 0.3) is 0 Å². The average molecular weight is 374 g/mol. The summed E-state index contributed by atoms with van der Waals surface area (Å²) in [4.78, 5) is 24.5. The Bertz CT molecular complexity index is 698. The molecule has 25 heavy (non-hydrogen) atoms. The fraction of sp³-hybridized carbons (Fsp3) is 0.882. The first-order chi connectivity index (χ1) is 11.4. The molecule has 1 heterocycles. The fourth-order valence-electron chi connectivity index (χ4n) is 4.15. The first-order valence-corrected chi connectivity index (χ1v) is 10.2. The zero-order valence-electron chi connectivity index (χ0n) is 15.3. The van der Waals surface area contributed by atoms with E-state index in [0.717, 1.165) is 0 Å². The van der Waals surface area contributed by atoms with Crippen molar-refractivity contribution < 1.29 is 31.7 Å². The Hall–Kier alpha value is -1.15. The van der Waals surface area contributed by atoms with Crippen molar-refractivity contribution in [2.45, 2.75) is 77.4 Å². The molecule has 6 atom stereocenters. The molecule has 1 aliphatic heterocycles. The number of fused-ring (bicyclic) bond motifs is 1. The molecule has 3 rings (SSSR count). The summed E-state index contributed by atoms with van der Waals surface area (Å²) in [7, 11) is -3.58. The van der Waals surface area contributed by atoms with E-state index >= 15 is 0 Å². The quantitative estimate of drug-likeness (QED) is 0.535. The molecule has 0 aromatic heterocycles. The summed E-state index contributed by atoms with van der Waals surface area (Å²) >= 11 is 0. The number of carbonyl (C=O) groups excluding carboxylic acids is 2. The molecule has 2 bridgehead atoms. The van der Waals surface area contributed by atoms with Gasteiger partial charge in [0, 0.05) is 11.3 Å². The minimum absolute atomic E-state index is 0.121. The Morgan fingerprint density at radius 2 is 1.96 bits per heavy atom. The second-order valence-corrected chi connectivity index (χ2v) is 10.2. The minimum Gasteiger partial charge on any atom is -0.456 e. The van der Waals surface area contributed by atoms with Gasteiger partial charge in [0.05, 0.1) is 10.7 Å². The third kappa shape index (κ3) is 2.87. The number of hydrogen-bond acceptors (Lipinski definition) is 7. The third-order valence-corrected chi connectivity index (χ3v) is 7.91. The van der Waals surface area contributed by atoms with Crippen molar-refractivity contribution in [1.29, 1.82) is 0 Å². The van der Waals surface area contributed by atoms with Crippen molar-refractivity contribution in [2.24, 2.45) is 16.7 Å². The topological polar surface area (TPSA) is 96.0 Å². The smallest absolute Gasteiger partial charge is 0.347 e. The van der Waals surface area contributed by atoms with Crippen LogP contribution in [0.3, 0.4) is 0 Å². The van der Waals surface area contributed by atoms with Crippen LogP contribution < -0.4 is 0 Å². The molecule has 3 aliphatic rings. The van der Waals surface area contributed by atoms with Crippen LogP contribution in [0.1, 0.15) is 53.9 Å². The van der Waals surface area contributed by atoms with Crippen molar-refractivity contribution >= 4 is 22.1 Å². The van der Waals surface area contributed by atoms with Crippen LogP contribution in [-0.2, 0) is 33.4 Å². The van der Waals surface area contributed by atoms with E-state index in [1.807, 2.05) is 13.8 Å². The standard InChI is InChI=1S/C17H26O7S/c1-6-16(3,4)15(19)22-9(2)14(18)23-13-12-10-7-17(13,5)8-11(10)25(20,21)24-12/h9-13H,6-8H2,1-5H3. The number of carbonyl (C=O) groups is 2. The lowest BCUT2D eigenvalue weighted by Gasteiger charge is -2.33. The number of ether oxygens (including phenoxy) is 2. The number of rotatable bonds is 5. The van der Waals surface area contributed by atoms with Crippen molar-refractivity contribution in [3.8, 4) is 0 Å². The van der Waals surface area contributed by atoms with Gasteiger partial charge >= 0.3 is 11.9 Å². The van der Waals surface area contributed by atoms with Crippen LogP contribution in [0.5, 0.6) is 0 Å². The summed E-state index contributed by atoms with van der Waals surface area (Å²) in [5.74, 6) is -1.24. The summed E-state index contributed by atoms with van der Waals surface area (Å²) in [6, 6.07) is 0. The Labute approximate surface area is 148 Å². The SMILES string of the molecule is CCC(C)(C)C(=O)OC(C)C(=O)OC1C2OS(=O)(=O)C3CC1(C)CC23. The molecule has 2 saturated carbocycles. The van der Waals surface area contributed by atoms with Crippen molar-refractivity contribution in [1.82, 2.24) is 0 Å². The number of esters is 2. The summed E-state index contributed by atoms with van der Waals surface area (Å²) in [6.07, 6.45) is -0.603. The Morgan fingerprint density at radius 1 is 1.32 bits per heavy atom. The molecule has 0 aromatic rings. The van der Waals surface area contributed by atoms with E-state index < -0.39 is 56.4 Å². The Morgan fingerprint density at radius 3 is 2.56 bits per heavy atom. The van der Waals surface area contributed by atoms with E-state index in [2.05, 4.69) is 0 Å². The van der Waals surface area contributed by atoms with E-state index in [1.54, 1.807) is 13.8 Å². The zero-order chi connectivity index (χ0) is 18.8. The summed E-state index contributed by atoms with van der Waals surface area (Å²) < 4.78 is 40.1. The van der Waals surface area contributed by atoms with E-state index in [1.165, 1.54) is 6.92 Å². The van der Waals surface area contributed by atoms with Crippen LogP contribution in [0.2, 0.25) is 0 Å². The molecule has 0 radical (unpaired) electrons. The lowest BCUT2D eigenvalue weighted by atomic mass is 9.82. The molecule has 142 valence electrons. The monoisotopic (exact) mass is 374 g/mol. The van der Waals surface area contributed by atoms with E-state index in [9.17, 15) is 18.0 Å². The molecule has 0 N–H and O–H groups in total. The lowest BCUT2D eigenvalue weighted by molar-refractivity contribution is -0.181. The van der Waals surface area contributed by atoms with Crippen LogP contribution in [0.15, 0.2) is 0 Å². The highest BCUT2D eigenvalue weighted by Crippen LogP contribution is 2.62. The van der Waals surface area contributed by atoms with Gasteiger partial charge in [-0.25, -0.2) is 4.79 Å². The summed E-state index contributed by atoms with van der Waals surface area (Å²) in [5.41, 5.74) is -1.09. The van der Waals surface area contributed by atoms with Gasteiger partial charge in [0.2, 0.25) is 0 Å². The summed E-state index contributed by atoms with van der Waals surface area (Å²) in [5, 5.41) is -0.488. The van der Waals surface area contributed by atoms with E-state index in [4.69, 9.17) is 13.7 Å². The highest BCUT2D eigenvalue weighted by Gasteiger charge is 2.70. The minimum atomic E-state index is -3.58. The average Bonchev–Trinajstić information content (AvgIpc) is 3.05. The summed E-state index contributed by atoms with van der Waals surface area (Å²) in [6.45, 7) is 8.77. The largest absolute Gasteiger partial charge is 0.456 e. The normalized spacial score (nSPS) is 39.2. The van der Waals surface area contributed by atoms with Crippen LogP contribution in [0, 0.1) is 16.7 Å². The van der Waals surface area contributed by atoms with Gasteiger partial charge in [0.15, 0.2) is 6.10 Å². The van der Waals surface area contributed by atoms with E-state index in [-0.39, 0.29) is 5.92 Å². The molecule has 0 aromatic carbocycles. The molecule has 8 heteroatoms. The Balaban J connectivity index is 1.67. The first kappa shape index (κ1) is 18.6. The third-order valence-electron chi connectivity index (χ3n) is 6.17. The van der Waals surface area contributed by atoms with Gasteiger partial charge in [0.25, 0.3) is 10.1 Å². The fourth-order valence-corrected chi connectivity index (χ4v) is 6.11. The molecule has 0 amide bonds. The van der Waals surface area contributed by atoms with Gasteiger partial charge in [-0.05, 0) is 40.0 Å². The molecule has 2 aliphatic carbocycles. The second kappa shape index (κ2) is 5.67. The maximum Gasteiger partial charge on any atom is 0.347 e. The van der Waals surface area contributed by atoms with Gasteiger partial charge in [-0.3, -0.25) is 8.98 Å². The lowest BCUT2D eigenvalue weighted by Crippen LogP contribution is -2.44. The highest BCUT2D eigenvalue weighted by atomic mass is 32.2. The van der Waals surface area contributed by atoms with Gasteiger partial charge in [0.1, 0.15) is 12.2 Å². The molecule has 6 unspecified atom stereocenters. The van der Waals surface area contributed by atoms with E-state index in [0.29, 0.717) is 19.3 Å². The predicted octanol–water partition coefficient (Wildman–Crippen LogP) is 1.79. The second-order valence-electron chi connectivity index (χ2n) is 8.46. The van der Waals surface area contributed by atoms with Crippen molar-refractivity contribution in [2.75, 3.05) is 0 Å². The van der Waals surface area contributed by atoms with Crippen LogP contribution in [-0.4, -0.2) is 43.9 Å². The van der Waals surface area contributed by atoms with Crippen molar-refractivity contribution in [3.05, 3.63) is 0 Å². The van der Waals surface area contributed by atoms with Crippen molar-refractivity contribution in [3.63, 3.8) is 0 Å². The van der Waals surface area contributed by atoms with Gasteiger partial charge in [-0.15, -0.1) is 0 Å². The first-order valence-electron chi connectivity index (χ1n) is 8.75. The number of hydrogen-bond donors (Lipinski definition) is 0. The molecule has 0 spiro atoms. The molecule has 1 saturated heterocycles. The maximum absolute atomic E-state index is 12.4. The highest BCUT2D eigenvalue weighted by molar-refractivity contribution is 7.87.